The fourth-order valence-corrected chi connectivity index (χ4v) is 7.80. The summed E-state index contributed by atoms with van der Waals surface area (Å²) in [7, 11) is -3.64. The average Bonchev–Trinajstić information content (AvgIpc) is 3.05. The molecule has 54 heavy (non-hydrogen) atoms. The first-order valence-electron chi connectivity index (χ1n) is 17.6. The van der Waals surface area contributed by atoms with Crippen LogP contribution in [0.3, 0.4) is 0 Å². The van der Waals surface area contributed by atoms with E-state index in [4.69, 9.17) is 0 Å². The summed E-state index contributed by atoms with van der Waals surface area (Å²) in [6, 6.07) is 29.3. The molecular formula is C39H54N6O6S3. The SMILES string of the molecule is CN(CCc1ccc(NS(C)(=O)=O)cc1)Cc1cc(CN(C)CCc2ccc(NS(C)(=O)=O)cc2)cc(CN(C)CCc2ccc(NS(C)(=O)=O)cc2)c1. The van der Waals surface area contributed by atoms with Crippen molar-refractivity contribution in [3.05, 3.63) is 124 Å². The predicted molar refractivity (Wildman–Crippen MR) is 221 cm³/mol. The lowest BCUT2D eigenvalue weighted by Crippen LogP contribution is -2.24. The molecule has 0 radical (unpaired) electrons. The summed E-state index contributed by atoms with van der Waals surface area (Å²) in [6.45, 7) is 4.79. The van der Waals surface area contributed by atoms with Crippen molar-refractivity contribution in [1.29, 1.82) is 0 Å². The summed E-state index contributed by atoms with van der Waals surface area (Å²) in [5, 5.41) is 0. The summed E-state index contributed by atoms with van der Waals surface area (Å²) in [5.41, 5.74) is 8.70. The molecule has 0 aliphatic heterocycles. The highest BCUT2D eigenvalue weighted by molar-refractivity contribution is 7.92. The zero-order valence-electron chi connectivity index (χ0n) is 32.0. The maximum Gasteiger partial charge on any atom is 0.229 e. The van der Waals surface area contributed by atoms with Crippen molar-refractivity contribution < 1.29 is 25.3 Å². The third kappa shape index (κ3) is 16.6. The number of benzene rings is 4. The molecule has 3 N–H and O–H groups in total. The van der Waals surface area contributed by atoms with Gasteiger partial charge in [-0.05, 0) is 110 Å². The van der Waals surface area contributed by atoms with E-state index in [0.717, 1.165) is 94.0 Å². The quantitative estimate of drug-likeness (QED) is 0.108. The molecule has 4 aromatic carbocycles. The summed E-state index contributed by atoms with van der Waals surface area (Å²) in [4.78, 5) is 6.89. The van der Waals surface area contributed by atoms with Gasteiger partial charge in [0.25, 0.3) is 0 Å². The van der Waals surface area contributed by atoms with Gasteiger partial charge in [0.1, 0.15) is 0 Å². The Morgan fingerprint density at radius 2 is 0.611 bits per heavy atom. The van der Waals surface area contributed by atoms with E-state index in [0.29, 0.717) is 17.1 Å². The number of anilines is 3. The lowest BCUT2D eigenvalue weighted by Gasteiger charge is -2.22. The van der Waals surface area contributed by atoms with Crippen LogP contribution in [0.2, 0.25) is 0 Å². The van der Waals surface area contributed by atoms with Crippen LogP contribution < -0.4 is 14.2 Å². The molecule has 0 amide bonds. The summed E-state index contributed by atoms with van der Waals surface area (Å²) >= 11 is 0. The first kappa shape index (κ1) is 42.7. The Kier molecular flexibility index (Phi) is 15.1. The van der Waals surface area contributed by atoms with E-state index in [1.165, 1.54) is 16.7 Å². The standard InChI is InChI=1S/C39H54N6O6S3/c1-43(22-19-31-7-13-37(14-8-31)40-52(4,46)47)28-34-25-35(29-44(2)23-20-32-9-15-38(16-10-32)41-53(5,48)49)27-36(26-34)30-45(3)24-21-33-11-17-39(18-12-33)42-54(6,50)51/h7-18,25-27,40-42H,19-24,28-30H2,1-6H3. The van der Waals surface area contributed by atoms with Crippen LogP contribution in [0.4, 0.5) is 17.1 Å². The number of nitrogens with zero attached hydrogens (tertiary/aromatic N) is 3. The van der Waals surface area contributed by atoms with Crippen LogP contribution in [0.1, 0.15) is 33.4 Å². The minimum atomic E-state index is -3.32. The van der Waals surface area contributed by atoms with Gasteiger partial charge in [0, 0.05) is 56.3 Å². The molecule has 0 spiro atoms. The summed E-state index contributed by atoms with van der Waals surface area (Å²) < 4.78 is 76.9. The van der Waals surface area contributed by atoms with Crippen LogP contribution in [0.25, 0.3) is 0 Å². The maximum atomic E-state index is 11.6. The van der Waals surface area contributed by atoms with Gasteiger partial charge in [-0.1, -0.05) is 54.6 Å². The minimum Gasteiger partial charge on any atom is -0.302 e. The molecule has 0 unspecified atom stereocenters. The molecular weight excluding hydrogens is 745 g/mol. The Morgan fingerprint density at radius 1 is 0.389 bits per heavy atom. The molecule has 4 rings (SSSR count). The molecule has 0 atom stereocenters. The maximum absolute atomic E-state index is 11.6. The van der Waals surface area contributed by atoms with Gasteiger partial charge in [0.15, 0.2) is 0 Å². The Balaban J connectivity index is 1.40. The van der Waals surface area contributed by atoms with Gasteiger partial charge in [-0.2, -0.15) is 0 Å². The lowest BCUT2D eigenvalue weighted by molar-refractivity contribution is 0.320. The topological polar surface area (TPSA) is 148 Å². The van der Waals surface area contributed by atoms with E-state index in [2.05, 4.69) is 68.2 Å². The van der Waals surface area contributed by atoms with Crippen LogP contribution in [-0.2, 0) is 69.0 Å². The van der Waals surface area contributed by atoms with Crippen molar-refractivity contribution >= 4 is 47.1 Å². The van der Waals surface area contributed by atoms with Crippen molar-refractivity contribution in [3.63, 3.8) is 0 Å². The molecule has 0 aromatic heterocycles. The van der Waals surface area contributed by atoms with Gasteiger partial charge < -0.3 is 14.7 Å². The van der Waals surface area contributed by atoms with Crippen molar-refractivity contribution in [1.82, 2.24) is 14.7 Å². The Morgan fingerprint density at radius 3 is 0.815 bits per heavy atom. The van der Waals surface area contributed by atoms with Crippen molar-refractivity contribution in [2.75, 3.05) is 73.7 Å². The zero-order valence-corrected chi connectivity index (χ0v) is 34.5. The highest BCUT2D eigenvalue weighted by atomic mass is 32.2. The first-order chi connectivity index (χ1) is 25.3. The first-order valence-corrected chi connectivity index (χ1v) is 23.3. The van der Waals surface area contributed by atoms with Crippen LogP contribution in [-0.4, -0.2) is 99.5 Å². The molecule has 294 valence electrons. The van der Waals surface area contributed by atoms with Crippen LogP contribution >= 0.6 is 0 Å². The summed E-state index contributed by atoms with van der Waals surface area (Å²) in [6.07, 6.45) is 5.89. The fourth-order valence-electron chi connectivity index (χ4n) is 6.11. The Hall–Kier alpha value is -3.99. The number of hydrogen-bond donors (Lipinski definition) is 3. The van der Waals surface area contributed by atoms with Crippen LogP contribution in [0.15, 0.2) is 91.0 Å². The number of nitrogens with one attached hydrogen (secondary N) is 3. The van der Waals surface area contributed by atoms with E-state index in [1.807, 2.05) is 36.4 Å². The Bertz CT molecular complexity index is 1890. The van der Waals surface area contributed by atoms with E-state index in [9.17, 15) is 25.3 Å². The number of likely N-dealkylation sites (N-methyl/N-ethyl adjacent to an activating group) is 3. The third-order valence-corrected chi connectivity index (χ3v) is 10.4. The van der Waals surface area contributed by atoms with Gasteiger partial charge in [-0.3, -0.25) is 14.2 Å². The normalized spacial score (nSPS) is 12.4. The Labute approximate surface area is 322 Å². The highest BCUT2D eigenvalue weighted by Crippen LogP contribution is 2.19. The molecule has 4 aromatic rings. The van der Waals surface area contributed by atoms with Crippen LogP contribution in [0, 0.1) is 0 Å². The summed E-state index contributed by atoms with van der Waals surface area (Å²) in [5.74, 6) is 0. The third-order valence-electron chi connectivity index (χ3n) is 8.59. The molecule has 15 heteroatoms. The molecule has 0 heterocycles. The van der Waals surface area contributed by atoms with Gasteiger partial charge in [0.05, 0.1) is 18.8 Å². The lowest BCUT2D eigenvalue weighted by atomic mass is 10.0. The number of hydrogen-bond acceptors (Lipinski definition) is 9. The minimum absolute atomic E-state index is 0.550. The fraction of sp³-hybridized carbons (Fsp3) is 0.385. The molecule has 12 nitrogen and oxygen atoms in total. The van der Waals surface area contributed by atoms with Crippen molar-refractivity contribution in [2.45, 2.75) is 38.9 Å². The highest BCUT2D eigenvalue weighted by Gasteiger charge is 2.11. The molecule has 0 aliphatic rings. The van der Waals surface area contributed by atoms with Gasteiger partial charge in [0.2, 0.25) is 30.1 Å². The van der Waals surface area contributed by atoms with E-state index < -0.39 is 30.1 Å². The van der Waals surface area contributed by atoms with Crippen molar-refractivity contribution in [3.8, 4) is 0 Å². The van der Waals surface area contributed by atoms with E-state index in [-0.39, 0.29) is 0 Å². The molecule has 0 saturated heterocycles. The zero-order chi connectivity index (χ0) is 39.5. The molecule has 0 bridgehead atoms. The monoisotopic (exact) mass is 798 g/mol. The predicted octanol–water partition coefficient (Wildman–Crippen LogP) is 4.82. The van der Waals surface area contributed by atoms with E-state index in [1.54, 1.807) is 36.4 Å². The molecule has 0 saturated carbocycles. The smallest absolute Gasteiger partial charge is 0.229 e. The number of sulfonamides is 3. The van der Waals surface area contributed by atoms with Gasteiger partial charge in [-0.25, -0.2) is 25.3 Å². The van der Waals surface area contributed by atoms with Gasteiger partial charge in [-0.15, -0.1) is 0 Å². The average molecular weight is 799 g/mol. The number of rotatable bonds is 21. The largest absolute Gasteiger partial charge is 0.302 e. The molecule has 0 fully saturated rings. The van der Waals surface area contributed by atoms with Crippen LogP contribution in [0.5, 0.6) is 0 Å². The van der Waals surface area contributed by atoms with Crippen molar-refractivity contribution in [2.24, 2.45) is 0 Å². The second kappa shape index (κ2) is 19.0. The van der Waals surface area contributed by atoms with Gasteiger partial charge >= 0.3 is 0 Å². The second-order valence-corrected chi connectivity index (χ2v) is 19.6. The molecule has 0 aliphatic carbocycles. The van der Waals surface area contributed by atoms with E-state index >= 15 is 0 Å². The second-order valence-electron chi connectivity index (χ2n) is 14.3.